The van der Waals surface area contributed by atoms with Gasteiger partial charge in [0.2, 0.25) is 0 Å². The molecule has 0 saturated carbocycles. The molecular formula is C26H22N4O. The Bertz CT molecular complexity index is 1310. The highest BCUT2D eigenvalue weighted by molar-refractivity contribution is 5.77. The Kier molecular flexibility index (Phi) is 5.07. The zero-order valence-corrected chi connectivity index (χ0v) is 17.2. The van der Waals surface area contributed by atoms with Crippen molar-refractivity contribution in [3.63, 3.8) is 0 Å². The largest absolute Gasteiger partial charge is 0.497 e. The van der Waals surface area contributed by atoms with Gasteiger partial charge in [-0.1, -0.05) is 42.5 Å². The molecule has 0 amide bonds. The molecule has 0 aliphatic rings. The van der Waals surface area contributed by atoms with Crippen LogP contribution in [-0.2, 0) is 6.54 Å². The lowest BCUT2D eigenvalue weighted by molar-refractivity contribution is 0.415. The van der Waals surface area contributed by atoms with Crippen molar-refractivity contribution in [2.45, 2.75) is 6.54 Å². The Morgan fingerprint density at radius 3 is 2.55 bits per heavy atom. The van der Waals surface area contributed by atoms with Gasteiger partial charge >= 0.3 is 0 Å². The van der Waals surface area contributed by atoms with Gasteiger partial charge in [0.05, 0.1) is 7.11 Å². The summed E-state index contributed by atoms with van der Waals surface area (Å²) in [6.07, 6.45) is 5.74. The number of ether oxygens (including phenoxy) is 1. The number of imidazole rings is 1. The number of hydrogen-bond donors (Lipinski definition) is 1. The average molecular weight is 406 g/mol. The van der Waals surface area contributed by atoms with Gasteiger partial charge in [-0.2, -0.15) is 0 Å². The van der Waals surface area contributed by atoms with Crippen molar-refractivity contribution in [1.82, 2.24) is 14.4 Å². The Morgan fingerprint density at radius 2 is 1.74 bits per heavy atom. The van der Waals surface area contributed by atoms with E-state index in [1.807, 2.05) is 48.7 Å². The minimum Gasteiger partial charge on any atom is -0.497 e. The molecule has 5 rings (SSSR count). The Labute approximate surface area is 181 Å². The summed E-state index contributed by atoms with van der Waals surface area (Å²) in [5, 5.41) is 3.60. The molecule has 3 heterocycles. The maximum Gasteiger partial charge on any atom is 0.139 e. The van der Waals surface area contributed by atoms with Crippen molar-refractivity contribution < 1.29 is 4.74 Å². The molecule has 5 aromatic rings. The second kappa shape index (κ2) is 8.32. The summed E-state index contributed by atoms with van der Waals surface area (Å²) < 4.78 is 7.51. The Morgan fingerprint density at radius 1 is 0.871 bits per heavy atom. The monoisotopic (exact) mass is 406 g/mol. The van der Waals surface area contributed by atoms with Crippen LogP contribution in [0.25, 0.3) is 28.0 Å². The normalized spacial score (nSPS) is 10.9. The molecule has 0 aliphatic heterocycles. The first-order chi connectivity index (χ1) is 15.3. The fourth-order valence-electron chi connectivity index (χ4n) is 3.67. The van der Waals surface area contributed by atoms with Gasteiger partial charge in [0.25, 0.3) is 0 Å². The predicted molar refractivity (Wildman–Crippen MR) is 124 cm³/mol. The molecule has 0 aliphatic carbocycles. The third kappa shape index (κ3) is 3.85. The highest BCUT2D eigenvalue weighted by Gasteiger charge is 2.15. The molecule has 31 heavy (non-hydrogen) atoms. The van der Waals surface area contributed by atoms with Gasteiger partial charge in [-0.3, -0.25) is 9.38 Å². The lowest BCUT2D eigenvalue weighted by Crippen LogP contribution is -2.03. The maximum absolute atomic E-state index is 5.40. The van der Waals surface area contributed by atoms with Crippen molar-refractivity contribution in [2.75, 3.05) is 12.4 Å². The zero-order valence-electron chi connectivity index (χ0n) is 17.2. The van der Waals surface area contributed by atoms with Gasteiger partial charge in [0, 0.05) is 30.7 Å². The zero-order chi connectivity index (χ0) is 21.0. The summed E-state index contributed by atoms with van der Waals surface area (Å²) in [6.45, 7) is 0.700. The van der Waals surface area contributed by atoms with Crippen molar-refractivity contribution in [2.24, 2.45) is 0 Å². The number of hydrogen-bond acceptors (Lipinski definition) is 4. The Balaban J connectivity index is 1.62. The summed E-state index contributed by atoms with van der Waals surface area (Å²) in [5.74, 6) is 1.78. The van der Waals surface area contributed by atoms with E-state index in [-0.39, 0.29) is 0 Å². The van der Waals surface area contributed by atoms with Gasteiger partial charge in [-0.15, -0.1) is 0 Å². The number of anilines is 1. The maximum atomic E-state index is 5.40. The third-order valence-electron chi connectivity index (χ3n) is 5.26. The molecule has 5 heteroatoms. The van der Waals surface area contributed by atoms with Crippen LogP contribution in [0.15, 0.2) is 97.5 Å². The second-order valence-corrected chi connectivity index (χ2v) is 7.27. The number of rotatable bonds is 6. The molecular weight excluding hydrogens is 384 g/mol. The summed E-state index contributed by atoms with van der Waals surface area (Å²) in [6, 6.07) is 26.5. The molecule has 0 spiro atoms. The SMILES string of the molecule is COc1cccc(-c2ccc3nc(-c4cccnc4)c(NCc4ccccc4)n3c2)c1. The lowest BCUT2D eigenvalue weighted by atomic mass is 10.1. The number of nitrogens with zero attached hydrogens (tertiary/aromatic N) is 3. The molecule has 0 radical (unpaired) electrons. The van der Waals surface area contributed by atoms with E-state index in [9.17, 15) is 0 Å². The minimum absolute atomic E-state index is 0.700. The summed E-state index contributed by atoms with van der Waals surface area (Å²) in [4.78, 5) is 9.18. The molecule has 0 fully saturated rings. The van der Waals surface area contributed by atoms with Crippen LogP contribution in [0.2, 0.25) is 0 Å². The fraction of sp³-hybridized carbons (Fsp3) is 0.0769. The van der Waals surface area contributed by atoms with E-state index in [2.05, 4.69) is 57.3 Å². The molecule has 0 bridgehead atoms. The van der Waals surface area contributed by atoms with E-state index in [0.717, 1.165) is 39.6 Å². The van der Waals surface area contributed by atoms with Gasteiger partial charge in [0.15, 0.2) is 0 Å². The molecule has 152 valence electrons. The Hall–Kier alpha value is -4.12. The van der Waals surface area contributed by atoms with Gasteiger partial charge in [0.1, 0.15) is 22.9 Å². The van der Waals surface area contributed by atoms with E-state index in [0.29, 0.717) is 6.54 Å². The number of aromatic nitrogens is 3. The quantitative estimate of drug-likeness (QED) is 0.394. The molecule has 0 unspecified atom stereocenters. The van der Waals surface area contributed by atoms with Gasteiger partial charge in [-0.05, 0) is 53.1 Å². The molecule has 3 aromatic heterocycles. The van der Waals surface area contributed by atoms with Crippen molar-refractivity contribution in [3.05, 3.63) is 103 Å². The first-order valence-corrected chi connectivity index (χ1v) is 10.2. The number of fused-ring (bicyclic) bond motifs is 1. The van der Waals surface area contributed by atoms with Crippen LogP contribution >= 0.6 is 0 Å². The van der Waals surface area contributed by atoms with E-state index >= 15 is 0 Å². The predicted octanol–water partition coefficient (Wildman–Crippen LogP) is 5.68. The third-order valence-corrected chi connectivity index (χ3v) is 5.26. The number of nitrogens with one attached hydrogen (secondary N) is 1. The van der Waals surface area contributed by atoms with E-state index in [1.54, 1.807) is 13.3 Å². The number of benzene rings is 2. The van der Waals surface area contributed by atoms with Crippen molar-refractivity contribution in [1.29, 1.82) is 0 Å². The van der Waals surface area contributed by atoms with E-state index in [4.69, 9.17) is 9.72 Å². The van der Waals surface area contributed by atoms with Crippen LogP contribution in [0.1, 0.15) is 5.56 Å². The van der Waals surface area contributed by atoms with Crippen molar-refractivity contribution >= 4 is 11.5 Å². The van der Waals surface area contributed by atoms with Crippen LogP contribution < -0.4 is 10.1 Å². The van der Waals surface area contributed by atoms with Crippen LogP contribution in [0.4, 0.5) is 5.82 Å². The molecule has 0 saturated heterocycles. The average Bonchev–Trinajstić information content (AvgIpc) is 3.21. The second-order valence-electron chi connectivity index (χ2n) is 7.27. The summed E-state index contributed by atoms with van der Waals surface area (Å²) in [7, 11) is 1.68. The first kappa shape index (κ1) is 18.9. The molecule has 0 atom stereocenters. The smallest absolute Gasteiger partial charge is 0.139 e. The lowest BCUT2D eigenvalue weighted by Gasteiger charge is -2.10. The summed E-state index contributed by atoms with van der Waals surface area (Å²) in [5.41, 5.74) is 6.12. The standard InChI is InChI=1S/C26H22N4O/c1-31-23-11-5-9-20(15-23)22-12-13-24-29-25(21-10-6-14-27-17-21)26(30(24)18-22)28-16-19-7-3-2-4-8-19/h2-15,17-18,28H,16H2,1H3. The van der Waals surface area contributed by atoms with Crippen LogP contribution in [0, 0.1) is 0 Å². The molecule has 1 N–H and O–H groups in total. The number of methoxy groups -OCH3 is 1. The number of pyridine rings is 2. The first-order valence-electron chi connectivity index (χ1n) is 10.2. The van der Waals surface area contributed by atoms with Gasteiger partial charge < -0.3 is 10.1 Å². The van der Waals surface area contributed by atoms with Crippen LogP contribution in [-0.4, -0.2) is 21.5 Å². The van der Waals surface area contributed by atoms with Crippen molar-refractivity contribution in [3.8, 4) is 28.1 Å². The van der Waals surface area contributed by atoms with Gasteiger partial charge in [-0.25, -0.2) is 4.98 Å². The molecule has 2 aromatic carbocycles. The van der Waals surface area contributed by atoms with E-state index in [1.165, 1.54) is 5.56 Å². The highest BCUT2D eigenvalue weighted by Crippen LogP contribution is 2.31. The highest BCUT2D eigenvalue weighted by atomic mass is 16.5. The van der Waals surface area contributed by atoms with Crippen LogP contribution in [0.5, 0.6) is 5.75 Å². The summed E-state index contributed by atoms with van der Waals surface area (Å²) >= 11 is 0. The van der Waals surface area contributed by atoms with Crippen LogP contribution in [0.3, 0.4) is 0 Å². The fourth-order valence-corrected chi connectivity index (χ4v) is 3.67. The van der Waals surface area contributed by atoms with E-state index < -0.39 is 0 Å². The minimum atomic E-state index is 0.700. The molecule has 5 nitrogen and oxygen atoms in total. The topological polar surface area (TPSA) is 51.5 Å².